The van der Waals surface area contributed by atoms with Crippen LogP contribution in [0.5, 0.6) is 0 Å². The van der Waals surface area contributed by atoms with E-state index in [2.05, 4.69) is 36.3 Å². The van der Waals surface area contributed by atoms with Gasteiger partial charge in [0, 0.05) is 12.2 Å². The molecule has 0 spiro atoms. The van der Waals surface area contributed by atoms with Crippen molar-refractivity contribution in [1.82, 2.24) is 4.98 Å². The average Bonchev–Trinajstić information content (AvgIpc) is 2.16. The summed E-state index contributed by atoms with van der Waals surface area (Å²) in [5.41, 5.74) is 2.35. The fourth-order valence-electron chi connectivity index (χ4n) is 1.47. The minimum absolute atomic E-state index is 1.01. The van der Waals surface area contributed by atoms with E-state index in [1.54, 1.807) is 0 Å². The highest BCUT2D eigenvalue weighted by atomic mass is 32.2. The van der Waals surface area contributed by atoms with Gasteiger partial charge in [0.1, 0.15) is 5.82 Å². The quantitative estimate of drug-likeness (QED) is 0.751. The van der Waals surface area contributed by atoms with Gasteiger partial charge >= 0.3 is 0 Å². The van der Waals surface area contributed by atoms with E-state index in [4.69, 9.17) is 0 Å². The monoisotopic (exact) mass is 224 g/mol. The van der Waals surface area contributed by atoms with Gasteiger partial charge in [0.2, 0.25) is 0 Å². The number of anilines is 1. The molecule has 0 aliphatic carbocycles. The summed E-state index contributed by atoms with van der Waals surface area (Å²) in [4.78, 5) is 4.43. The maximum absolute atomic E-state index is 4.43. The molecule has 0 saturated heterocycles. The van der Waals surface area contributed by atoms with Crippen LogP contribution >= 0.6 is 11.8 Å². The maximum atomic E-state index is 4.43. The van der Waals surface area contributed by atoms with Crippen molar-refractivity contribution < 1.29 is 0 Å². The minimum atomic E-state index is 1.01. The van der Waals surface area contributed by atoms with Crippen molar-refractivity contribution in [2.75, 3.05) is 23.4 Å². The Kier molecular flexibility index (Phi) is 5.54. The molecule has 2 nitrogen and oxygen atoms in total. The molecule has 0 amide bonds. The Bertz CT molecular complexity index is 279. The summed E-state index contributed by atoms with van der Waals surface area (Å²) in [7, 11) is 0. The summed E-state index contributed by atoms with van der Waals surface area (Å²) in [6.07, 6.45) is 1.20. The van der Waals surface area contributed by atoms with E-state index >= 15 is 0 Å². The molecule has 0 fully saturated rings. The van der Waals surface area contributed by atoms with Gasteiger partial charge in [-0.05, 0) is 49.5 Å². The molecule has 1 aromatic rings. The highest BCUT2D eigenvalue weighted by Crippen LogP contribution is 2.09. The van der Waals surface area contributed by atoms with Gasteiger partial charge in [0.05, 0.1) is 0 Å². The Hall–Kier alpha value is -0.700. The average molecular weight is 224 g/mol. The number of nitrogens with zero attached hydrogens (tertiary/aromatic N) is 1. The predicted molar refractivity (Wildman–Crippen MR) is 69.8 cm³/mol. The molecule has 3 heteroatoms. The highest BCUT2D eigenvalue weighted by molar-refractivity contribution is 7.99. The number of nitrogens with one attached hydrogen (secondary N) is 1. The Morgan fingerprint density at radius 3 is 2.80 bits per heavy atom. The molecule has 0 unspecified atom stereocenters. The first-order chi connectivity index (χ1) is 7.22. The van der Waals surface area contributed by atoms with Crippen LogP contribution in [0.15, 0.2) is 12.1 Å². The van der Waals surface area contributed by atoms with Gasteiger partial charge in [-0.1, -0.05) is 6.92 Å². The zero-order valence-electron chi connectivity index (χ0n) is 9.84. The largest absolute Gasteiger partial charge is 0.370 e. The Morgan fingerprint density at radius 2 is 2.13 bits per heavy atom. The van der Waals surface area contributed by atoms with Crippen molar-refractivity contribution in [3.63, 3.8) is 0 Å². The maximum Gasteiger partial charge on any atom is 0.126 e. The van der Waals surface area contributed by atoms with Gasteiger partial charge in [-0.3, -0.25) is 0 Å². The summed E-state index contributed by atoms with van der Waals surface area (Å²) >= 11 is 1.99. The molecule has 0 atom stereocenters. The molecule has 0 aromatic carbocycles. The van der Waals surface area contributed by atoms with Crippen molar-refractivity contribution in [2.24, 2.45) is 0 Å². The van der Waals surface area contributed by atoms with Gasteiger partial charge in [-0.25, -0.2) is 4.98 Å². The lowest BCUT2D eigenvalue weighted by Crippen LogP contribution is -2.05. The van der Waals surface area contributed by atoms with Crippen molar-refractivity contribution >= 4 is 17.6 Å². The first-order valence-electron chi connectivity index (χ1n) is 5.49. The molecule has 1 heterocycles. The van der Waals surface area contributed by atoms with E-state index < -0.39 is 0 Å². The topological polar surface area (TPSA) is 24.9 Å². The summed E-state index contributed by atoms with van der Waals surface area (Å²) in [5, 5.41) is 3.36. The summed E-state index contributed by atoms with van der Waals surface area (Å²) in [6.45, 7) is 7.35. The second-order valence-corrected chi connectivity index (χ2v) is 5.04. The molecule has 1 N–H and O–H groups in total. The van der Waals surface area contributed by atoms with Crippen LogP contribution in [0, 0.1) is 13.8 Å². The van der Waals surface area contributed by atoms with Gasteiger partial charge in [-0.2, -0.15) is 11.8 Å². The lowest BCUT2D eigenvalue weighted by Gasteiger charge is -2.07. The molecule has 1 aromatic heterocycles. The Balaban J connectivity index is 2.31. The zero-order chi connectivity index (χ0) is 11.1. The summed E-state index contributed by atoms with van der Waals surface area (Å²) in [6, 6.07) is 4.19. The lowest BCUT2D eigenvalue weighted by atomic mass is 10.2. The second kappa shape index (κ2) is 6.72. The summed E-state index contributed by atoms with van der Waals surface area (Å²) in [5.74, 6) is 3.45. The number of aryl methyl sites for hydroxylation is 2. The number of hydrogen-bond donors (Lipinski definition) is 1. The summed E-state index contributed by atoms with van der Waals surface area (Å²) < 4.78 is 0. The zero-order valence-corrected chi connectivity index (χ0v) is 10.7. The van der Waals surface area contributed by atoms with Crippen molar-refractivity contribution in [3.8, 4) is 0 Å². The fourth-order valence-corrected chi connectivity index (χ4v) is 2.10. The van der Waals surface area contributed by atoms with E-state index in [0.29, 0.717) is 0 Å². The van der Waals surface area contributed by atoms with Crippen LogP contribution in [0.3, 0.4) is 0 Å². The van der Waals surface area contributed by atoms with E-state index in [-0.39, 0.29) is 0 Å². The van der Waals surface area contributed by atoms with E-state index in [9.17, 15) is 0 Å². The first-order valence-corrected chi connectivity index (χ1v) is 6.64. The van der Waals surface area contributed by atoms with Crippen molar-refractivity contribution in [3.05, 3.63) is 23.4 Å². The molecular formula is C12H20N2S. The predicted octanol–water partition coefficient (Wildman–Crippen LogP) is 3.25. The minimum Gasteiger partial charge on any atom is -0.370 e. The van der Waals surface area contributed by atoms with Crippen LogP contribution in [0.25, 0.3) is 0 Å². The van der Waals surface area contributed by atoms with Crippen LogP contribution < -0.4 is 5.32 Å². The van der Waals surface area contributed by atoms with Crippen molar-refractivity contribution in [2.45, 2.75) is 27.2 Å². The molecule has 0 radical (unpaired) electrons. The molecule has 0 bridgehead atoms. The first kappa shape index (κ1) is 12.4. The SMILES string of the molecule is CCSCCCNc1cc(C)cc(C)n1. The van der Waals surface area contributed by atoms with E-state index in [0.717, 1.165) is 18.1 Å². The number of pyridine rings is 1. The van der Waals surface area contributed by atoms with E-state index in [1.807, 2.05) is 18.7 Å². The van der Waals surface area contributed by atoms with E-state index in [1.165, 1.54) is 23.5 Å². The molecular weight excluding hydrogens is 204 g/mol. The van der Waals surface area contributed by atoms with Crippen LogP contribution in [0.4, 0.5) is 5.82 Å². The van der Waals surface area contributed by atoms with Crippen LogP contribution in [-0.2, 0) is 0 Å². The molecule has 1 rings (SSSR count). The Morgan fingerprint density at radius 1 is 1.33 bits per heavy atom. The van der Waals surface area contributed by atoms with Crippen LogP contribution in [0.1, 0.15) is 24.6 Å². The fraction of sp³-hybridized carbons (Fsp3) is 0.583. The van der Waals surface area contributed by atoms with Gasteiger partial charge in [0.25, 0.3) is 0 Å². The Labute approximate surface area is 96.9 Å². The number of rotatable bonds is 6. The van der Waals surface area contributed by atoms with Gasteiger partial charge in [0.15, 0.2) is 0 Å². The van der Waals surface area contributed by atoms with Crippen LogP contribution in [0.2, 0.25) is 0 Å². The third kappa shape index (κ3) is 5.07. The molecule has 84 valence electrons. The van der Waals surface area contributed by atoms with Gasteiger partial charge < -0.3 is 5.32 Å². The van der Waals surface area contributed by atoms with Crippen molar-refractivity contribution in [1.29, 1.82) is 0 Å². The lowest BCUT2D eigenvalue weighted by molar-refractivity contribution is 0.975. The standard InChI is InChI=1S/C12H20N2S/c1-4-15-7-5-6-13-12-9-10(2)8-11(3)14-12/h8-9H,4-7H2,1-3H3,(H,13,14). The van der Waals surface area contributed by atoms with Gasteiger partial charge in [-0.15, -0.1) is 0 Å². The number of aromatic nitrogens is 1. The number of hydrogen-bond acceptors (Lipinski definition) is 3. The third-order valence-corrected chi connectivity index (χ3v) is 3.06. The molecule has 0 aliphatic rings. The molecule has 0 aliphatic heterocycles. The third-order valence-electron chi connectivity index (χ3n) is 2.07. The number of thioether (sulfide) groups is 1. The highest BCUT2D eigenvalue weighted by Gasteiger charge is 1.96. The molecule has 15 heavy (non-hydrogen) atoms. The normalized spacial score (nSPS) is 10.3. The molecule has 0 saturated carbocycles. The smallest absolute Gasteiger partial charge is 0.126 e. The van der Waals surface area contributed by atoms with Crippen LogP contribution in [-0.4, -0.2) is 23.0 Å². The second-order valence-electron chi connectivity index (χ2n) is 3.65.